The monoisotopic (exact) mass is 349 g/mol. The number of nitrogens with one attached hydrogen (secondary N) is 1. The van der Waals surface area contributed by atoms with Crippen molar-refractivity contribution in [2.75, 3.05) is 26.2 Å². The van der Waals surface area contributed by atoms with Crippen molar-refractivity contribution in [3.05, 3.63) is 18.2 Å². The first kappa shape index (κ1) is 19.4. The van der Waals surface area contributed by atoms with Gasteiger partial charge in [0.25, 0.3) is 0 Å². The molecular weight excluding hydrogens is 318 g/mol. The lowest BCUT2D eigenvalue weighted by atomic mass is 10.1. The van der Waals surface area contributed by atoms with Gasteiger partial charge in [-0.2, -0.15) is 0 Å². The van der Waals surface area contributed by atoms with E-state index in [2.05, 4.69) is 36.0 Å². The van der Waals surface area contributed by atoms with Crippen LogP contribution in [-0.2, 0) is 23.2 Å². The number of piperazine rings is 1. The van der Waals surface area contributed by atoms with Gasteiger partial charge >= 0.3 is 0 Å². The Balaban J connectivity index is 2.06. The molecule has 1 aromatic rings. The van der Waals surface area contributed by atoms with Gasteiger partial charge in [0.1, 0.15) is 5.82 Å². The fourth-order valence-electron chi connectivity index (χ4n) is 3.25. The average molecular weight is 349 g/mol. The number of carbonyl (C=O) groups excluding carboxylic acids is 2. The molecule has 0 aliphatic carbocycles. The molecule has 1 aromatic heterocycles. The summed E-state index contributed by atoms with van der Waals surface area (Å²) in [6.07, 6.45) is 4.72. The third kappa shape index (κ3) is 5.29. The van der Waals surface area contributed by atoms with E-state index in [4.69, 9.17) is 0 Å². The normalized spacial score (nSPS) is 18.4. The zero-order valence-electron chi connectivity index (χ0n) is 15.9. The molecule has 0 radical (unpaired) electrons. The van der Waals surface area contributed by atoms with E-state index in [1.807, 2.05) is 22.7 Å². The third-order valence-electron chi connectivity index (χ3n) is 4.51. The van der Waals surface area contributed by atoms with Crippen LogP contribution in [0.25, 0.3) is 0 Å². The second-order valence-electron chi connectivity index (χ2n) is 7.17. The predicted molar refractivity (Wildman–Crippen MR) is 96.7 cm³/mol. The minimum Gasteiger partial charge on any atom is -0.353 e. The van der Waals surface area contributed by atoms with Crippen molar-refractivity contribution in [3.8, 4) is 0 Å². The summed E-state index contributed by atoms with van der Waals surface area (Å²) >= 11 is 0. The Hall–Kier alpha value is -1.89. The van der Waals surface area contributed by atoms with E-state index in [0.29, 0.717) is 25.6 Å². The fraction of sp³-hybridized carbons (Fsp3) is 0.722. The summed E-state index contributed by atoms with van der Waals surface area (Å²) in [4.78, 5) is 33.5. The lowest BCUT2D eigenvalue weighted by Crippen LogP contribution is -2.57. The lowest BCUT2D eigenvalue weighted by Gasteiger charge is -2.36. The number of amides is 2. The van der Waals surface area contributed by atoms with Crippen molar-refractivity contribution in [1.82, 2.24) is 24.7 Å². The first-order valence-electron chi connectivity index (χ1n) is 9.18. The molecule has 1 fully saturated rings. The standard InChI is InChI=1S/C18H31N5O2/c1-5-8-23(13-16-19-6-9-21(16)4)17(24)11-15-18(25)20-7-10-22(15)12-14(2)3/h6,9,14-15H,5,7-8,10-13H2,1-4H3,(H,20,25). The molecule has 0 aromatic carbocycles. The molecule has 0 spiro atoms. The van der Waals surface area contributed by atoms with E-state index in [1.165, 1.54) is 0 Å². The maximum atomic E-state index is 12.9. The molecule has 1 atom stereocenters. The summed E-state index contributed by atoms with van der Waals surface area (Å²) in [5.41, 5.74) is 0. The van der Waals surface area contributed by atoms with Crippen LogP contribution in [0.3, 0.4) is 0 Å². The number of imidazole rings is 1. The number of aromatic nitrogens is 2. The topological polar surface area (TPSA) is 70.5 Å². The summed E-state index contributed by atoms with van der Waals surface area (Å²) in [7, 11) is 1.93. The zero-order chi connectivity index (χ0) is 18.4. The van der Waals surface area contributed by atoms with Crippen molar-refractivity contribution < 1.29 is 9.59 Å². The maximum Gasteiger partial charge on any atom is 0.237 e. The number of nitrogens with zero attached hydrogens (tertiary/aromatic N) is 4. The number of hydrogen-bond donors (Lipinski definition) is 1. The van der Waals surface area contributed by atoms with Gasteiger partial charge in [-0.1, -0.05) is 20.8 Å². The predicted octanol–water partition coefficient (Wildman–Crippen LogP) is 1.01. The molecule has 1 saturated heterocycles. The molecule has 25 heavy (non-hydrogen) atoms. The number of carbonyl (C=O) groups is 2. The summed E-state index contributed by atoms with van der Waals surface area (Å²) in [5, 5.41) is 2.90. The molecule has 0 saturated carbocycles. The van der Waals surface area contributed by atoms with Gasteiger partial charge in [-0.25, -0.2) is 4.98 Å². The number of rotatable bonds is 8. The molecule has 7 heteroatoms. The Morgan fingerprint density at radius 2 is 2.24 bits per heavy atom. The summed E-state index contributed by atoms with van der Waals surface area (Å²) < 4.78 is 1.92. The Kier molecular flexibility index (Phi) is 6.99. The van der Waals surface area contributed by atoms with Gasteiger partial charge < -0.3 is 14.8 Å². The molecule has 1 aliphatic rings. The molecule has 140 valence electrons. The van der Waals surface area contributed by atoms with Crippen LogP contribution in [0, 0.1) is 5.92 Å². The SMILES string of the molecule is CCCN(Cc1nccn1C)C(=O)CC1C(=O)NCCN1CC(C)C. The van der Waals surface area contributed by atoms with E-state index < -0.39 is 0 Å². The van der Waals surface area contributed by atoms with Crippen molar-refractivity contribution in [1.29, 1.82) is 0 Å². The fourth-order valence-corrected chi connectivity index (χ4v) is 3.25. The zero-order valence-corrected chi connectivity index (χ0v) is 15.9. The molecule has 2 amide bonds. The Bertz CT molecular complexity index is 584. The summed E-state index contributed by atoms with van der Waals surface area (Å²) in [5.74, 6) is 1.30. The molecule has 2 heterocycles. The van der Waals surface area contributed by atoms with Crippen LogP contribution in [0.4, 0.5) is 0 Å². The largest absolute Gasteiger partial charge is 0.353 e. The summed E-state index contributed by atoms with van der Waals surface area (Å²) in [6.45, 7) is 9.76. The Morgan fingerprint density at radius 1 is 1.48 bits per heavy atom. The van der Waals surface area contributed by atoms with E-state index in [9.17, 15) is 9.59 Å². The van der Waals surface area contributed by atoms with Crippen molar-refractivity contribution >= 4 is 11.8 Å². The highest BCUT2D eigenvalue weighted by atomic mass is 16.2. The van der Waals surface area contributed by atoms with E-state index >= 15 is 0 Å². The van der Waals surface area contributed by atoms with Gasteiger partial charge in [0.15, 0.2) is 0 Å². The van der Waals surface area contributed by atoms with E-state index in [-0.39, 0.29) is 24.3 Å². The van der Waals surface area contributed by atoms with E-state index in [1.54, 1.807) is 6.20 Å². The molecule has 0 bridgehead atoms. The molecule has 7 nitrogen and oxygen atoms in total. The second kappa shape index (κ2) is 8.99. The minimum absolute atomic E-state index is 0.0145. The highest BCUT2D eigenvalue weighted by Gasteiger charge is 2.33. The van der Waals surface area contributed by atoms with Crippen molar-refractivity contribution in [2.24, 2.45) is 13.0 Å². The van der Waals surface area contributed by atoms with Crippen molar-refractivity contribution in [2.45, 2.75) is 46.2 Å². The third-order valence-corrected chi connectivity index (χ3v) is 4.51. The van der Waals surface area contributed by atoms with Gasteiger partial charge in [-0.05, 0) is 12.3 Å². The molecule has 2 rings (SSSR count). The van der Waals surface area contributed by atoms with Crippen LogP contribution in [0.1, 0.15) is 39.4 Å². The smallest absolute Gasteiger partial charge is 0.237 e. The van der Waals surface area contributed by atoms with Gasteiger partial charge in [0.2, 0.25) is 11.8 Å². The number of hydrogen-bond acceptors (Lipinski definition) is 4. The second-order valence-corrected chi connectivity index (χ2v) is 7.17. The first-order chi connectivity index (χ1) is 11.9. The van der Waals surface area contributed by atoms with E-state index in [0.717, 1.165) is 25.3 Å². The van der Waals surface area contributed by atoms with Crippen molar-refractivity contribution in [3.63, 3.8) is 0 Å². The van der Waals surface area contributed by atoms with Crippen LogP contribution in [0.15, 0.2) is 12.4 Å². The van der Waals surface area contributed by atoms with Gasteiger partial charge in [0, 0.05) is 45.6 Å². The quantitative estimate of drug-likeness (QED) is 0.760. The van der Waals surface area contributed by atoms with Crippen LogP contribution >= 0.6 is 0 Å². The van der Waals surface area contributed by atoms with Crippen LogP contribution in [0.5, 0.6) is 0 Å². The molecule has 1 N–H and O–H groups in total. The first-order valence-corrected chi connectivity index (χ1v) is 9.18. The van der Waals surface area contributed by atoms with Crippen LogP contribution in [0.2, 0.25) is 0 Å². The van der Waals surface area contributed by atoms with Crippen LogP contribution < -0.4 is 5.32 Å². The average Bonchev–Trinajstić information content (AvgIpc) is 2.95. The number of aryl methyl sites for hydroxylation is 1. The Morgan fingerprint density at radius 3 is 2.84 bits per heavy atom. The lowest BCUT2D eigenvalue weighted by molar-refractivity contribution is -0.139. The molecule has 1 aliphatic heterocycles. The van der Waals surface area contributed by atoms with Gasteiger partial charge in [-0.15, -0.1) is 0 Å². The van der Waals surface area contributed by atoms with Crippen LogP contribution in [-0.4, -0.2) is 63.4 Å². The Labute approximate surface area is 150 Å². The molecule has 1 unspecified atom stereocenters. The minimum atomic E-state index is -0.371. The summed E-state index contributed by atoms with van der Waals surface area (Å²) in [6, 6.07) is -0.371. The highest BCUT2D eigenvalue weighted by molar-refractivity contribution is 5.88. The van der Waals surface area contributed by atoms with Gasteiger partial charge in [0.05, 0.1) is 19.0 Å². The maximum absolute atomic E-state index is 12.9. The van der Waals surface area contributed by atoms with Gasteiger partial charge in [-0.3, -0.25) is 14.5 Å². The molecular formula is C18H31N5O2. The highest BCUT2D eigenvalue weighted by Crippen LogP contribution is 2.14.